The molecule has 0 radical (unpaired) electrons. The number of nitrogens with zero attached hydrogens (tertiary/aromatic N) is 1. The summed E-state index contributed by atoms with van der Waals surface area (Å²) < 4.78 is 16.0. The van der Waals surface area contributed by atoms with Crippen LogP contribution in [0.4, 0.5) is 16.2 Å². The first-order valence-electron chi connectivity index (χ1n) is 9.29. The van der Waals surface area contributed by atoms with Crippen LogP contribution in [0.2, 0.25) is 0 Å². The second-order valence-electron chi connectivity index (χ2n) is 6.46. The van der Waals surface area contributed by atoms with E-state index in [1.54, 1.807) is 12.1 Å². The van der Waals surface area contributed by atoms with Gasteiger partial charge in [-0.2, -0.15) is 0 Å². The van der Waals surface area contributed by atoms with Gasteiger partial charge in [-0.1, -0.05) is 18.2 Å². The van der Waals surface area contributed by atoms with Crippen LogP contribution in [0.25, 0.3) is 0 Å². The highest BCUT2D eigenvalue weighted by Crippen LogP contribution is 2.40. The first-order chi connectivity index (χ1) is 14.0. The number of amides is 3. The van der Waals surface area contributed by atoms with E-state index in [9.17, 15) is 9.59 Å². The number of methoxy groups -OCH3 is 3. The lowest BCUT2D eigenvalue weighted by molar-refractivity contribution is -0.122. The number of ether oxygens (including phenoxy) is 3. The predicted octanol–water partition coefficient (Wildman–Crippen LogP) is 2.81. The second-order valence-corrected chi connectivity index (χ2v) is 6.46. The van der Waals surface area contributed by atoms with E-state index in [0.29, 0.717) is 41.6 Å². The van der Waals surface area contributed by atoms with Crippen LogP contribution in [0.5, 0.6) is 17.2 Å². The number of hydrogen-bond acceptors (Lipinski definition) is 5. The molecule has 0 spiro atoms. The Labute approximate surface area is 169 Å². The summed E-state index contributed by atoms with van der Waals surface area (Å²) >= 11 is 0. The van der Waals surface area contributed by atoms with Gasteiger partial charge in [-0.3, -0.25) is 9.69 Å². The Morgan fingerprint density at radius 2 is 1.72 bits per heavy atom. The molecule has 2 N–H and O–H groups in total. The zero-order valence-corrected chi connectivity index (χ0v) is 16.9. The van der Waals surface area contributed by atoms with Crippen molar-refractivity contribution in [3.63, 3.8) is 0 Å². The summed E-state index contributed by atoms with van der Waals surface area (Å²) in [6.45, 7) is 2.34. The number of hydrogen-bond donors (Lipinski definition) is 2. The number of carbonyl (C=O) groups excluding carboxylic acids is 2. The molecule has 8 nitrogen and oxygen atoms in total. The maximum absolute atomic E-state index is 13.2. The molecule has 1 aliphatic heterocycles. The maximum Gasteiger partial charge on any atom is 0.327 e. The largest absolute Gasteiger partial charge is 0.493 e. The van der Waals surface area contributed by atoms with Gasteiger partial charge < -0.3 is 24.8 Å². The fourth-order valence-electron chi connectivity index (χ4n) is 3.48. The van der Waals surface area contributed by atoms with Crippen molar-refractivity contribution in [2.24, 2.45) is 0 Å². The average molecular weight is 399 g/mol. The zero-order valence-electron chi connectivity index (χ0n) is 16.9. The van der Waals surface area contributed by atoms with E-state index < -0.39 is 12.1 Å². The number of carbonyl (C=O) groups is 2. The highest BCUT2D eigenvalue weighted by atomic mass is 16.5. The molecule has 0 bridgehead atoms. The average Bonchev–Trinajstić information content (AvgIpc) is 3.13. The van der Waals surface area contributed by atoms with Crippen LogP contribution >= 0.6 is 0 Å². The summed E-state index contributed by atoms with van der Waals surface area (Å²) in [5.41, 5.74) is 2.13. The normalized spacial score (nSPS) is 14.8. The minimum Gasteiger partial charge on any atom is -0.493 e. The number of benzene rings is 2. The standard InChI is InChI=1S/C21H25N3O5/c1-5-22-20(25)16-10-13-8-6-7-9-15(13)24(16)21(26)23-14-11-17(27-2)19(29-4)18(12-14)28-3/h6-9,11-12,16H,5,10H2,1-4H3,(H,22,25)(H,23,26)/t16-/m1/s1. The van der Waals surface area contributed by atoms with Crippen LogP contribution in [-0.2, 0) is 11.2 Å². The molecule has 0 aromatic heterocycles. The zero-order chi connectivity index (χ0) is 21.0. The smallest absolute Gasteiger partial charge is 0.327 e. The predicted molar refractivity (Wildman–Crippen MR) is 110 cm³/mol. The Bertz CT molecular complexity index is 890. The molecule has 29 heavy (non-hydrogen) atoms. The van der Waals surface area contributed by atoms with Crippen molar-refractivity contribution in [3.05, 3.63) is 42.0 Å². The molecule has 0 aliphatic carbocycles. The van der Waals surface area contributed by atoms with Crippen LogP contribution in [-0.4, -0.2) is 45.9 Å². The Hall–Kier alpha value is -3.42. The van der Waals surface area contributed by atoms with Gasteiger partial charge in [0.05, 0.1) is 27.0 Å². The van der Waals surface area contributed by atoms with Crippen LogP contribution in [0.1, 0.15) is 12.5 Å². The van der Waals surface area contributed by atoms with Gasteiger partial charge in [-0.25, -0.2) is 4.79 Å². The molecule has 3 rings (SSSR count). The van der Waals surface area contributed by atoms with E-state index in [4.69, 9.17) is 14.2 Å². The molecule has 0 saturated carbocycles. The fourth-order valence-corrected chi connectivity index (χ4v) is 3.48. The Kier molecular flexibility index (Phi) is 6.11. The number of para-hydroxylation sites is 1. The van der Waals surface area contributed by atoms with E-state index in [2.05, 4.69) is 10.6 Å². The number of likely N-dealkylation sites (N-methyl/N-ethyl adjacent to an activating group) is 1. The van der Waals surface area contributed by atoms with E-state index in [0.717, 1.165) is 5.56 Å². The van der Waals surface area contributed by atoms with Gasteiger partial charge in [0, 0.05) is 30.8 Å². The van der Waals surface area contributed by atoms with Crippen molar-refractivity contribution in [3.8, 4) is 17.2 Å². The maximum atomic E-state index is 13.2. The summed E-state index contributed by atoms with van der Waals surface area (Å²) in [6.07, 6.45) is 0.463. The third-order valence-corrected chi connectivity index (χ3v) is 4.76. The van der Waals surface area contributed by atoms with Crippen molar-refractivity contribution < 1.29 is 23.8 Å². The molecule has 3 amide bonds. The molecular formula is C21H25N3O5. The molecule has 0 saturated heterocycles. The topological polar surface area (TPSA) is 89.1 Å². The highest BCUT2D eigenvalue weighted by molar-refractivity contribution is 6.08. The number of rotatable bonds is 6. The van der Waals surface area contributed by atoms with Gasteiger partial charge in [0.25, 0.3) is 0 Å². The molecule has 1 aliphatic rings. The highest BCUT2D eigenvalue weighted by Gasteiger charge is 2.38. The summed E-state index contributed by atoms with van der Waals surface area (Å²) in [4.78, 5) is 27.2. The van der Waals surface area contributed by atoms with Gasteiger partial charge in [-0.15, -0.1) is 0 Å². The van der Waals surface area contributed by atoms with Crippen molar-refractivity contribution in [2.75, 3.05) is 38.1 Å². The van der Waals surface area contributed by atoms with Gasteiger partial charge in [0.15, 0.2) is 11.5 Å². The third kappa shape index (κ3) is 3.91. The summed E-state index contributed by atoms with van der Waals surface area (Å²) in [5, 5.41) is 5.65. The lowest BCUT2D eigenvalue weighted by Crippen LogP contribution is -2.49. The minimum absolute atomic E-state index is 0.191. The molecule has 1 atom stereocenters. The Balaban J connectivity index is 1.93. The molecular weight excluding hydrogens is 374 g/mol. The monoisotopic (exact) mass is 399 g/mol. The Morgan fingerprint density at radius 1 is 1.07 bits per heavy atom. The third-order valence-electron chi connectivity index (χ3n) is 4.76. The van der Waals surface area contributed by atoms with Crippen molar-refractivity contribution in [1.82, 2.24) is 5.32 Å². The van der Waals surface area contributed by atoms with E-state index in [1.807, 2.05) is 31.2 Å². The summed E-state index contributed by atoms with van der Waals surface area (Å²) in [5.74, 6) is 1.08. The van der Waals surface area contributed by atoms with E-state index in [1.165, 1.54) is 26.2 Å². The molecule has 2 aromatic rings. The lowest BCUT2D eigenvalue weighted by Gasteiger charge is -2.25. The number of urea groups is 1. The first kappa shape index (κ1) is 20.3. The summed E-state index contributed by atoms with van der Waals surface area (Å²) in [6, 6.07) is 9.75. The number of fused-ring (bicyclic) bond motifs is 1. The van der Waals surface area contributed by atoms with E-state index >= 15 is 0 Å². The Morgan fingerprint density at radius 3 is 2.31 bits per heavy atom. The van der Waals surface area contributed by atoms with E-state index in [-0.39, 0.29) is 5.91 Å². The van der Waals surface area contributed by atoms with Crippen molar-refractivity contribution in [1.29, 1.82) is 0 Å². The molecule has 1 heterocycles. The lowest BCUT2D eigenvalue weighted by atomic mass is 10.1. The van der Waals surface area contributed by atoms with Crippen molar-refractivity contribution in [2.45, 2.75) is 19.4 Å². The minimum atomic E-state index is -0.616. The molecule has 0 fully saturated rings. The quantitative estimate of drug-likeness (QED) is 0.780. The van der Waals surface area contributed by atoms with Gasteiger partial charge in [0.1, 0.15) is 6.04 Å². The van der Waals surface area contributed by atoms with Gasteiger partial charge >= 0.3 is 6.03 Å². The second kappa shape index (κ2) is 8.72. The van der Waals surface area contributed by atoms with Crippen LogP contribution in [0.3, 0.4) is 0 Å². The molecule has 2 aromatic carbocycles. The SMILES string of the molecule is CCNC(=O)[C@H]1Cc2ccccc2N1C(=O)Nc1cc(OC)c(OC)c(OC)c1. The number of nitrogens with one attached hydrogen (secondary N) is 2. The van der Waals surface area contributed by atoms with Crippen LogP contribution in [0, 0.1) is 0 Å². The van der Waals surface area contributed by atoms with Gasteiger partial charge in [0.2, 0.25) is 11.7 Å². The summed E-state index contributed by atoms with van der Waals surface area (Å²) in [7, 11) is 4.52. The van der Waals surface area contributed by atoms with Crippen molar-refractivity contribution >= 4 is 23.3 Å². The number of anilines is 2. The molecule has 154 valence electrons. The molecule has 0 unspecified atom stereocenters. The fraction of sp³-hybridized carbons (Fsp3) is 0.333. The first-order valence-corrected chi connectivity index (χ1v) is 9.29. The van der Waals surface area contributed by atoms with Crippen LogP contribution in [0.15, 0.2) is 36.4 Å². The van der Waals surface area contributed by atoms with Gasteiger partial charge in [-0.05, 0) is 18.6 Å². The van der Waals surface area contributed by atoms with Crippen LogP contribution < -0.4 is 29.7 Å². The molecule has 8 heteroatoms.